The molecule has 1 aliphatic heterocycles. The lowest BCUT2D eigenvalue weighted by Crippen LogP contribution is -2.38. The van der Waals surface area contributed by atoms with Gasteiger partial charge in [-0.2, -0.15) is 0 Å². The fraction of sp³-hybridized carbons (Fsp3) is 0.600. The molecule has 2 heterocycles. The largest absolute Gasteiger partial charge is 0.368 e. The molecule has 1 aromatic rings. The van der Waals surface area contributed by atoms with Crippen molar-refractivity contribution >= 4 is 11.6 Å². The van der Waals surface area contributed by atoms with Crippen LogP contribution in [0.4, 0.5) is 0 Å². The van der Waals surface area contributed by atoms with E-state index in [1.165, 1.54) is 0 Å². The molecule has 1 aromatic heterocycles. The molecule has 1 unspecified atom stereocenters. The standard InChI is InChI=1S/C10H14ClN3O/c1-2-14-5-6-15-8(7-14)10-12-4-3-9(11)13-10/h3-4,8H,2,5-7H2,1H3. The number of morpholine rings is 1. The van der Waals surface area contributed by atoms with E-state index < -0.39 is 0 Å². The fourth-order valence-corrected chi connectivity index (χ4v) is 1.79. The zero-order valence-electron chi connectivity index (χ0n) is 8.69. The summed E-state index contributed by atoms with van der Waals surface area (Å²) in [4.78, 5) is 10.7. The summed E-state index contributed by atoms with van der Waals surface area (Å²) >= 11 is 5.81. The van der Waals surface area contributed by atoms with Crippen LogP contribution < -0.4 is 0 Å². The van der Waals surface area contributed by atoms with Crippen molar-refractivity contribution in [1.29, 1.82) is 0 Å². The molecule has 0 aliphatic carbocycles. The van der Waals surface area contributed by atoms with Gasteiger partial charge in [0, 0.05) is 19.3 Å². The van der Waals surface area contributed by atoms with Crippen LogP contribution in [0.2, 0.25) is 5.15 Å². The summed E-state index contributed by atoms with van der Waals surface area (Å²) < 4.78 is 5.63. The van der Waals surface area contributed by atoms with E-state index in [9.17, 15) is 0 Å². The molecule has 1 fully saturated rings. The highest BCUT2D eigenvalue weighted by atomic mass is 35.5. The van der Waals surface area contributed by atoms with Gasteiger partial charge in [0.05, 0.1) is 6.61 Å². The van der Waals surface area contributed by atoms with Crippen LogP contribution in [0.3, 0.4) is 0 Å². The van der Waals surface area contributed by atoms with Gasteiger partial charge in [-0.05, 0) is 12.6 Å². The van der Waals surface area contributed by atoms with Crippen LogP contribution >= 0.6 is 11.6 Å². The third kappa shape index (κ3) is 2.65. The first kappa shape index (κ1) is 10.8. The van der Waals surface area contributed by atoms with Crippen LogP contribution in [0.5, 0.6) is 0 Å². The number of nitrogens with zero attached hydrogens (tertiary/aromatic N) is 3. The Morgan fingerprint density at radius 1 is 1.67 bits per heavy atom. The van der Waals surface area contributed by atoms with Gasteiger partial charge in [-0.15, -0.1) is 0 Å². The number of hydrogen-bond acceptors (Lipinski definition) is 4. The van der Waals surface area contributed by atoms with Gasteiger partial charge in [0.15, 0.2) is 5.82 Å². The molecule has 1 saturated heterocycles. The first-order valence-electron chi connectivity index (χ1n) is 5.12. The lowest BCUT2D eigenvalue weighted by molar-refractivity contribution is -0.0325. The van der Waals surface area contributed by atoms with Crippen molar-refractivity contribution < 1.29 is 4.74 Å². The van der Waals surface area contributed by atoms with E-state index in [0.29, 0.717) is 11.0 Å². The van der Waals surface area contributed by atoms with Gasteiger partial charge in [0.2, 0.25) is 0 Å². The molecule has 0 N–H and O–H groups in total. The van der Waals surface area contributed by atoms with Crippen LogP contribution in [0.15, 0.2) is 12.3 Å². The van der Waals surface area contributed by atoms with Crippen LogP contribution in [0.1, 0.15) is 18.9 Å². The van der Waals surface area contributed by atoms with Crippen LogP contribution in [-0.2, 0) is 4.74 Å². The Balaban J connectivity index is 2.09. The lowest BCUT2D eigenvalue weighted by atomic mass is 10.2. The van der Waals surface area contributed by atoms with Crippen molar-refractivity contribution in [3.8, 4) is 0 Å². The van der Waals surface area contributed by atoms with E-state index >= 15 is 0 Å². The van der Waals surface area contributed by atoms with Crippen molar-refractivity contribution in [2.45, 2.75) is 13.0 Å². The summed E-state index contributed by atoms with van der Waals surface area (Å²) in [7, 11) is 0. The molecule has 0 saturated carbocycles. The molecule has 0 aromatic carbocycles. The molecule has 15 heavy (non-hydrogen) atoms. The minimum absolute atomic E-state index is 0.0441. The van der Waals surface area contributed by atoms with E-state index in [1.807, 2.05) is 0 Å². The van der Waals surface area contributed by atoms with Gasteiger partial charge in [-0.1, -0.05) is 18.5 Å². The maximum Gasteiger partial charge on any atom is 0.160 e. The molecule has 2 rings (SSSR count). The summed E-state index contributed by atoms with van der Waals surface area (Å²) in [6, 6.07) is 1.67. The van der Waals surface area contributed by atoms with E-state index in [0.717, 1.165) is 26.2 Å². The number of likely N-dealkylation sites (N-methyl/N-ethyl adjacent to an activating group) is 1. The van der Waals surface area contributed by atoms with Crippen molar-refractivity contribution in [2.24, 2.45) is 0 Å². The molecule has 0 radical (unpaired) electrons. The maximum atomic E-state index is 5.81. The summed E-state index contributed by atoms with van der Waals surface area (Å²) in [5.74, 6) is 0.681. The van der Waals surface area contributed by atoms with E-state index in [1.54, 1.807) is 12.3 Å². The van der Waals surface area contributed by atoms with E-state index in [4.69, 9.17) is 16.3 Å². The highest BCUT2D eigenvalue weighted by Crippen LogP contribution is 2.19. The SMILES string of the molecule is CCN1CCOC(c2nccc(Cl)n2)C1. The van der Waals surface area contributed by atoms with Gasteiger partial charge in [-0.25, -0.2) is 9.97 Å². The van der Waals surface area contributed by atoms with Crippen molar-refractivity contribution in [3.05, 3.63) is 23.2 Å². The average molecular weight is 228 g/mol. The molecule has 4 nitrogen and oxygen atoms in total. The predicted octanol–water partition coefficient (Wildman–Crippen LogP) is 1.52. The Hall–Kier alpha value is -0.710. The minimum atomic E-state index is -0.0441. The Morgan fingerprint density at radius 3 is 3.27 bits per heavy atom. The zero-order valence-corrected chi connectivity index (χ0v) is 9.44. The highest BCUT2D eigenvalue weighted by Gasteiger charge is 2.23. The molecule has 1 atom stereocenters. The lowest BCUT2D eigenvalue weighted by Gasteiger charge is -2.31. The third-order valence-corrected chi connectivity index (χ3v) is 2.74. The highest BCUT2D eigenvalue weighted by molar-refractivity contribution is 6.29. The fourth-order valence-electron chi connectivity index (χ4n) is 1.65. The molecule has 0 spiro atoms. The molecular weight excluding hydrogens is 214 g/mol. The molecular formula is C10H14ClN3O. The number of aromatic nitrogens is 2. The Morgan fingerprint density at radius 2 is 2.53 bits per heavy atom. The topological polar surface area (TPSA) is 38.2 Å². The van der Waals surface area contributed by atoms with E-state index in [2.05, 4.69) is 21.8 Å². The van der Waals surface area contributed by atoms with Crippen LogP contribution in [0.25, 0.3) is 0 Å². The van der Waals surface area contributed by atoms with Crippen LogP contribution in [-0.4, -0.2) is 41.1 Å². The summed E-state index contributed by atoms with van der Waals surface area (Å²) in [6.45, 7) is 5.72. The summed E-state index contributed by atoms with van der Waals surface area (Å²) in [5, 5.41) is 0.470. The first-order valence-corrected chi connectivity index (χ1v) is 5.50. The molecule has 0 amide bonds. The summed E-state index contributed by atoms with van der Waals surface area (Å²) in [6.07, 6.45) is 1.62. The van der Waals surface area contributed by atoms with Gasteiger partial charge in [-0.3, -0.25) is 4.90 Å². The Labute approximate surface area is 94.2 Å². The number of ether oxygens (including phenoxy) is 1. The molecule has 5 heteroatoms. The van der Waals surface area contributed by atoms with Gasteiger partial charge < -0.3 is 4.74 Å². The molecule has 82 valence electrons. The second-order valence-electron chi connectivity index (χ2n) is 3.49. The number of rotatable bonds is 2. The molecule has 1 aliphatic rings. The second kappa shape index (κ2) is 4.88. The van der Waals surface area contributed by atoms with Gasteiger partial charge in [0.25, 0.3) is 0 Å². The van der Waals surface area contributed by atoms with Crippen molar-refractivity contribution in [2.75, 3.05) is 26.2 Å². The Kier molecular flexibility index (Phi) is 3.51. The number of hydrogen-bond donors (Lipinski definition) is 0. The zero-order chi connectivity index (χ0) is 10.7. The third-order valence-electron chi connectivity index (χ3n) is 2.53. The monoisotopic (exact) mass is 227 g/mol. The van der Waals surface area contributed by atoms with Gasteiger partial charge in [0.1, 0.15) is 11.3 Å². The quantitative estimate of drug-likeness (QED) is 0.719. The van der Waals surface area contributed by atoms with Crippen molar-refractivity contribution in [1.82, 2.24) is 14.9 Å². The van der Waals surface area contributed by atoms with Crippen LogP contribution in [0, 0.1) is 0 Å². The minimum Gasteiger partial charge on any atom is -0.368 e. The first-order chi connectivity index (χ1) is 7.29. The number of halogens is 1. The summed E-state index contributed by atoms with van der Waals surface area (Å²) in [5.41, 5.74) is 0. The van der Waals surface area contributed by atoms with Crippen molar-refractivity contribution in [3.63, 3.8) is 0 Å². The van der Waals surface area contributed by atoms with E-state index in [-0.39, 0.29) is 6.10 Å². The normalized spacial score (nSPS) is 22.9. The maximum absolute atomic E-state index is 5.81. The molecule has 0 bridgehead atoms. The second-order valence-corrected chi connectivity index (χ2v) is 3.88. The predicted molar refractivity (Wildman–Crippen MR) is 57.8 cm³/mol. The Bertz CT molecular complexity index is 334. The smallest absolute Gasteiger partial charge is 0.160 e. The van der Waals surface area contributed by atoms with Gasteiger partial charge >= 0.3 is 0 Å². The average Bonchev–Trinajstić information content (AvgIpc) is 2.29.